The Labute approximate surface area is 485 Å². The first kappa shape index (κ1) is 73.9. The van der Waals surface area contributed by atoms with E-state index in [1.165, 1.54) is 30.3 Å². The number of halogens is 3. The molecule has 20 nitrogen and oxygen atoms in total. The normalized spacial score (nSPS) is 18.5. The van der Waals surface area contributed by atoms with Gasteiger partial charge in [-0.2, -0.15) is 15.8 Å². The first-order chi connectivity index (χ1) is 37.9. The molecule has 3 aromatic rings. The van der Waals surface area contributed by atoms with Gasteiger partial charge in [-0.3, -0.25) is 24.0 Å². The number of carbonyl (C=O) groups is 6. The number of nitrogens with two attached hydrogens (primary N) is 1. The van der Waals surface area contributed by atoms with Gasteiger partial charge in [-0.15, -0.1) is 0 Å². The highest BCUT2D eigenvalue weighted by Crippen LogP contribution is 2.36. The van der Waals surface area contributed by atoms with E-state index in [0.717, 1.165) is 24.3 Å². The average molecular weight is 1160 g/mol. The van der Waals surface area contributed by atoms with Crippen molar-refractivity contribution in [3.05, 3.63) is 105 Å². The number of aromatic carboxylic acids is 1. The zero-order chi connectivity index (χ0) is 62.7. The van der Waals surface area contributed by atoms with Gasteiger partial charge in [0.05, 0.1) is 71.4 Å². The molecule has 3 aromatic carbocycles. The lowest BCUT2D eigenvalue weighted by Gasteiger charge is -2.44. The van der Waals surface area contributed by atoms with Gasteiger partial charge in [0.25, 0.3) is 0 Å². The number of aliphatic hydroxyl groups excluding tert-OH is 2. The van der Waals surface area contributed by atoms with Crippen LogP contribution >= 0.6 is 0 Å². The number of nitrogens with zero attached hydrogens (tertiary/aromatic N) is 3. The molecular formula is C59H78BF3N7O13. The first-order valence-corrected chi connectivity index (χ1v) is 26.3. The molecule has 0 saturated carbocycles. The number of nitrogens with one attached hydrogen (secondary N) is 3. The van der Waals surface area contributed by atoms with Crippen LogP contribution in [-0.4, -0.2) is 134 Å². The summed E-state index contributed by atoms with van der Waals surface area (Å²) in [6.45, 7) is 24.6. The number of Topliss-reactive ketones (excluding diaryl/α,β-unsaturated/α-hetero) is 2. The summed E-state index contributed by atoms with van der Waals surface area (Å²) >= 11 is 0. The minimum atomic E-state index is -1.38. The van der Waals surface area contributed by atoms with Gasteiger partial charge < -0.3 is 56.0 Å². The quantitative estimate of drug-likeness (QED) is 0.0547. The lowest BCUT2D eigenvalue weighted by atomic mass is 9.85. The third-order valence-electron chi connectivity index (χ3n) is 12.7. The number of ketones is 2. The van der Waals surface area contributed by atoms with Gasteiger partial charge >= 0.3 is 5.97 Å². The van der Waals surface area contributed by atoms with E-state index in [4.69, 9.17) is 50.7 Å². The molecule has 8 N–H and O–H groups in total. The highest BCUT2D eigenvalue weighted by molar-refractivity contribution is 5.97. The van der Waals surface area contributed by atoms with E-state index >= 15 is 0 Å². The van der Waals surface area contributed by atoms with Crippen LogP contribution in [0, 0.1) is 79.5 Å². The molecule has 2 saturated heterocycles. The van der Waals surface area contributed by atoms with Crippen LogP contribution in [-0.2, 0) is 33.3 Å². The van der Waals surface area contributed by atoms with Gasteiger partial charge in [0, 0.05) is 63.2 Å². The number of nitriles is 3. The highest BCUT2D eigenvalue weighted by atomic mass is 19.1. The Hall–Kier alpha value is -7.08. The summed E-state index contributed by atoms with van der Waals surface area (Å²) in [5, 5.41) is 61.7. The molecule has 0 aromatic heterocycles. The number of amides is 3. The van der Waals surface area contributed by atoms with Crippen molar-refractivity contribution in [3.63, 3.8) is 0 Å². The predicted octanol–water partition coefficient (Wildman–Crippen LogP) is 6.24. The predicted molar refractivity (Wildman–Crippen MR) is 299 cm³/mol. The van der Waals surface area contributed by atoms with E-state index in [2.05, 4.69) is 16.0 Å². The lowest BCUT2D eigenvalue weighted by Crippen LogP contribution is -2.57. The largest absolute Gasteiger partial charge is 0.478 e. The Morgan fingerprint density at radius 1 is 0.639 bits per heavy atom. The maximum absolute atomic E-state index is 13.9. The van der Waals surface area contributed by atoms with Crippen LogP contribution in [0.25, 0.3) is 0 Å². The number of ether oxygens (including phenoxy) is 4. The molecule has 2 aliphatic heterocycles. The average Bonchev–Trinajstić information content (AvgIpc) is 3.52. The molecular weight excluding hydrogens is 1080 g/mol. The summed E-state index contributed by atoms with van der Waals surface area (Å²) in [5.74, 6) is -7.52. The van der Waals surface area contributed by atoms with Crippen LogP contribution in [0.3, 0.4) is 0 Å². The molecule has 2 aliphatic rings. The van der Waals surface area contributed by atoms with Gasteiger partial charge in [0.1, 0.15) is 35.8 Å². The van der Waals surface area contributed by atoms with Gasteiger partial charge in [0.15, 0.2) is 23.1 Å². The molecule has 83 heavy (non-hydrogen) atoms. The third kappa shape index (κ3) is 23.6. The second-order valence-corrected chi connectivity index (χ2v) is 23.3. The topological polar surface area (TPSA) is 334 Å². The molecule has 3 amide bonds. The summed E-state index contributed by atoms with van der Waals surface area (Å²) in [6, 6.07) is 15.9. The summed E-state index contributed by atoms with van der Waals surface area (Å²) in [5.41, 5.74) is 3.63. The minimum absolute atomic E-state index is 0. The fourth-order valence-electron chi connectivity index (χ4n) is 7.55. The van der Waals surface area contributed by atoms with Gasteiger partial charge in [-0.1, -0.05) is 55.4 Å². The van der Waals surface area contributed by atoms with Crippen molar-refractivity contribution < 1.29 is 76.2 Å². The van der Waals surface area contributed by atoms with Gasteiger partial charge in [0.2, 0.25) is 17.7 Å². The molecule has 0 aliphatic carbocycles. The fraction of sp³-hybridized carbons (Fsp3) is 0.542. The zero-order valence-electron chi connectivity index (χ0n) is 49.4. The number of benzene rings is 3. The molecule has 3 radical (unpaired) electrons. The zero-order valence-corrected chi connectivity index (χ0v) is 49.4. The molecule has 0 spiro atoms. The van der Waals surface area contributed by atoms with Gasteiger partial charge in [-0.05, 0) is 101 Å². The molecule has 2 heterocycles. The molecule has 5 rings (SSSR count). The molecule has 2 fully saturated rings. The maximum atomic E-state index is 13.9. The smallest absolute Gasteiger partial charge is 0.338 e. The Balaban J connectivity index is 0.000000575. The van der Waals surface area contributed by atoms with Crippen LogP contribution in [0.5, 0.6) is 0 Å². The molecule has 24 heteroatoms. The van der Waals surface area contributed by atoms with E-state index in [1.807, 2.05) is 60.6 Å². The van der Waals surface area contributed by atoms with Crippen molar-refractivity contribution in [1.82, 2.24) is 16.0 Å². The van der Waals surface area contributed by atoms with E-state index in [0.29, 0.717) is 19.8 Å². The SMILES string of the molecule is C[C@@H](CNC(=O)[C@@H]1OC(C)(C)OCC1(C)C)CC(=O)c1cc(C#N)ccc1F.C[C@@H](CNC(=O)[C@H](O)C(C)(C)CO)CC(=O)c1cc(C#N)ccc1F.C[C@H](N)CNC(=O)[C@@H]1OC(C)(C)OCC1(C)C.N#Cc1ccc(F)c(C(=O)O)c1.[B]. The second-order valence-electron chi connectivity index (χ2n) is 23.3. The number of hydrogen-bond acceptors (Lipinski definition) is 16. The summed E-state index contributed by atoms with van der Waals surface area (Å²) in [4.78, 5) is 71.5. The van der Waals surface area contributed by atoms with Crippen LogP contribution in [0.4, 0.5) is 13.2 Å². The third-order valence-corrected chi connectivity index (χ3v) is 12.7. The number of carboxylic acids is 1. The fourth-order valence-corrected chi connectivity index (χ4v) is 7.55. The van der Waals surface area contributed by atoms with E-state index < -0.39 is 87.2 Å². The van der Waals surface area contributed by atoms with Crippen molar-refractivity contribution in [3.8, 4) is 18.2 Å². The van der Waals surface area contributed by atoms with Gasteiger partial charge in [-0.25, -0.2) is 18.0 Å². The van der Waals surface area contributed by atoms with E-state index in [1.54, 1.807) is 47.6 Å². The number of aliphatic hydroxyl groups is 2. The molecule has 6 atom stereocenters. The van der Waals surface area contributed by atoms with Crippen LogP contribution in [0.1, 0.15) is 151 Å². The summed E-state index contributed by atoms with van der Waals surface area (Å²) < 4.78 is 63.0. The summed E-state index contributed by atoms with van der Waals surface area (Å²) in [7, 11) is 0. The Morgan fingerprint density at radius 3 is 1.31 bits per heavy atom. The van der Waals surface area contributed by atoms with Crippen LogP contribution in [0.2, 0.25) is 0 Å². The number of hydrogen-bond donors (Lipinski definition) is 7. The standard InChI is InChI=1S/C21H27FN2O4.C18H23FN2O4.C12H24N2O3.C8H4FNO2.B/c1-13(8-17(25)15-9-14(10-23)6-7-16(15)22)11-24-19(26)18-20(2,3)12-27-21(4,5)28-18;1-11(9-21-17(25)16(24)18(2,3)10-22)6-15(23)13-7-12(8-20)4-5-14(13)19;1-8(13)6-14-10(15)9-11(2,3)7-16-12(4,5)17-9;9-7-2-1-5(4-10)3-6(7)8(11)12;/h6-7,9,13,18H,8,11-12H2,1-5H3,(H,24,26);4-5,7,11,16,22,24H,6,9-10H2,1-3H3,(H,21,25);8-9H,6-7,13H2,1-5H3,(H,14,15);1-3H,(H,11,12);/t13-,18+;11-,16+;8-,9-;;/m110../s1. The van der Waals surface area contributed by atoms with Crippen molar-refractivity contribution in [2.24, 2.45) is 33.8 Å². The minimum Gasteiger partial charge on any atom is -0.478 e. The van der Waals surface area contributed by atoms with E-state index in [9.17, 15) is 47.0 Å². The van der Waals surface area contributed by atoms with E-state index in [-0.39, 0.29) is 104 Å². The number of carboxylic acid groups (broad SMARTS) is 1. The molecule has 0 bridgehead atoms. The highest BCUT2D eigenvalue weighted by Gasteiger charge is 2.47. The monoisotopic (exact) mass is 1160 g/mol. The number of carbonyl (C=O) groups excluding carboxylic acids is 5. The van der Waals surface area contributed by atoms with Crippen molar-refractivity contribution in [2.75, 3.05) is 39.5 Å². The lowest BCUT2D eigenvalue weighted by molar-refractivity contribution is -0.304. The maximum Gasteiger partial charge on any atom is 0.338 e. The Kier molecular flexibility index (Phi) is 28.6. The summed E-state index contributed by atoms with van der Waals surface area (Å²) in [6.07, 6.45) is -2.54. The number of rotatable bonds is 18. The van der Waals surface area contributed by atoms with Crippen molar-refractivity contribution in [2.45, 2.75) is 139 Å². The van der Waals surface area contributed by atoms with Crippen LogP contribution in [0.15, 0.2) is 54.6 Å². The van der Waals surface area contributed by atoms with Crippen LogP contribution < -0.4 is 21.7 Å². The molecule has 0 unspecified atom stereocenters. The van der Waals surface area contributed by atoms with Crippen molar-refractivity contribution in [1.29, 1.82) is 15.8 Å². The first-order valence-electron chi connectivity index (χ1n) is 26.3. The Bertz CT molecular complexity index is 2880. The second kappa shape index (κ2) is 32.1. The Morgan fingerprint density at radius 2 is 0.976 bits per heavy atom. The van der Waals surface area contributed by atoms with Crippen molar-refractivity contribution >= 4 is 43.7 Å². The molecule has 451 valence electrons.